The van der Waals surface area contributed by atoms with Crippen molar-refractivity contribution in [3.63, 3.8) is 0 Å². The quantitative estimate of drug-likeness (QED) is 0.866. The molecule has 1 aliphatic heterocycles. The Hall–Kier alpha value is -1.89. The lowest BCUT2D eigenvalue weighted by Gasteiger charge is -2.32. The van der Waals surface area contributed by atoms with Crippen molar-refractivity contribution in [2.45, 2.75) is 18.9 Å². The minimum atomic E-state index is -0.481. The van der Waals surface area contributed by atoms with Gasteiger partial charge in [0.2, 0.25) is 0 Å². The predicted molar refractivity (Wildman–Crippen MR) is 98.5 cm³/mol. The van der Waals surface area contributed by atoms with Gasteiger partial charge in [-0.25, -0.2) is 4.79 Å². The summed E-state index contributed by atoms with van der Waals surface area (Å²) >= 11 is 7.67. The largest absolute Gasteiger partial charge is 0.415 e. The molecule has 0 radical (unpaired) electrons. The van der Waals surface area contributed by atoms with Gasteiger partial charge >= 0.3 is 6.09 Å². The second-order valence-electron chi connectivity index (χ2n) is 5.80. The van der Waals surface area contributed by atoms with Gasteiger partial charge in [0.1, 0.15) is 0 Å². The Labute approximate surface area is 155 Å². The highest BCUT2D eigenvalue weighted by molar-refractivity contribution is 7.09. The van der Waals surface area contributed by atoms with Gasteiger partial charge in [0.05, 0.1) is 11.1 Å². The number of carbonyl (C=O) groups is 2. The predicted octanol–water partition coefficient (Wildman–Crippen LogP) is 3.38. The maximum atomic E-state index is 12.4. The van der Waals surface area contributed by atoms with Crippen LogP contribution in [0.4, 0.5) is 4.79 Å². The third-order valence-electron chi connectivity index (χ3n) is 4.05. The minimum Gasteiger partial charge on any atom is -0.409 e. The van der Waals surface area contributed by atoms with Crippen LogP contribution in [-0.4, -0.2) is 42.5 Å². The summed E-state index contributed by atoms with van der Waals surface area (Å²) in [7, 11) is 0. The van der Waals surface area contributed by atoms with Crippen LogP contribution < -0.4 is 10.1 Å². The van der Waals surface area contributed by atoms with Crippen LogP contribution in [0.25, 0.3) is 0 Å². The Balaban J connectivity index is 1.54. The van der Waals surface area contributed by atoms with Crippen molar-refractivity contribution in [2.75, 3.05) is 19.6 Å². The summed E-state index contributed by atoms with van der Waals surface area (Å²) in [5.41, 5.74) is 0. The van der Waals surface area contributed by atoms with Crippen LogP contribution in [0, 0.1) is 0 Å². The number of aryl methyl sites for hydroxylation is 1. The van der Waals surface area contributed by atoms with Crippen molar-refractivity contribution >= 4 is 34.8 Å². The van der Waals surface area contributed by atoms with Gasteiger partial charge in [-0.2, -0.15) is 0 Å². The highest BCUT2D eigenvalue weighted by Crippen LogP contribution is 2.24. The molecule has 1 fully saturated rings. The summed E-state index contributed by atoms with van der Waals surface area (Å²) in [5, 5.41) is 5.58. The van der Waals surface area contributed by atoms with Gasteiger partial charge in [-0.1, -0.05) is 29.8 Å². The van der Waals surface area contributed by atoms with Crippen molar-refractivity contribution in [3.8, 4) is 5.75 Å². The van der Waals surface area contributed by atoms with Crippen molar-refractivity contribution in [1.82, 2.24) is 10.2 Å². The number of amides is 1. The molecular formula is C18H19ClN2O3S. The number of ketones is 1. The number of piperazine rings is 1. The number of Topliss-reactive ketones (excluding diaryl/α,β-unsaturated/α-hetero) is 1. The molecule has 1 aromatic heterocycles. The summed E-state index contributed by atoms with van der Waals surface area (Å²) in [4.78, 5) is 27.5. The highest BCUT2D eigenvalue weighted by Gasteiger charge is 2.29. The first kappa shape index (κ1) is 17.9. The van der Waals surface area contributed by atoms with Crippen LogP contribution in [0.2, 0.25) is 5.02 Å². The van der Waals surface area contributed by atoms with E-state index in [1.165, 1.54) is 4.88 Å². The molecule has 0 spiro atoms. The fourth-order valence-corrected chi connectivity index (χ4v) is 3.58. The number of benzene rings is 1. The van der Waals surface area contributed by atoms with E-state index in [9.17, 15) is 9.59 Å². The van der Waals surface area contributed by atoms with Crippen molar-refractivity contribution < 1.29 is 14.3 Å². The first-order valence-corrected chi connectivity index (χ1v) is 9.39. The average Bonchev–Trinajstić information content (AvgIpc) is 3.15. The monoisotopic (exact) mass is 378 g/mol. The average molecular weight is 379 g/mol. The van der Waals surface area contributed by atoms with E-state index in [0.29, 0.717) is 36.8 Å². The lowest BCUT2D eigenvalue weighted by Crippen LogP contribution is -2.56. The number of ether oxygens (including phenoxy) is 1. The molecule has 1 aromatic carbocycles. The topological polar surface area (TPSA) is 58.6 Å². The van der Waals surface area contributed by atoms with Gasteiger partial charge in [0.25, 0.3) is 0 Å². The van der Waals surface area contributed by atoms with E-state index < -0.39 is 6.09 Å². The number of nitrogens with zero attached hydrogens (tertiary/aromatic N) is 1. The van der Waals surface area contributed by atoms with Crippen LogP contribution >= 0.6 is 22.9 Å². The molecule has 1 saturated heterocycles. The molecular weight excluding hydrogens is 360 g/mol. The molecule has 2 heterocycles. The summed E-state index contributed by atoms with van der Waals surface area (Å²) in [6, 6.07) is 10.5. The van der Waals surface area contributed by atoms with Crippen LogP contribution in [0.1, 0.15) is 11.3 Å². The van der Waals surface area contributed by atoms with E-state index >= 15 is 0 Å². The Bertz CT molecular complexity index is 736. The number of nitrogens with one attached hydrogen (secondary N) is 1. The molecule has 0 saturated carbocycles. The lowest BCUT2D eigenvalue weighted by atomic mass is 10.1. The summed E-state index contributed by atoms with van der Waals surface area (Å²) in [6.45, 7) is 1.37. The molecule has 5 nitrogen and oxygen atoms in total. The number of carbonyl (C=O) groups excluding carboxylic acids is 2. The van der Waals surface area contributed by atoms with E-state index in [-0.39, 0.29) is 11.8 Å². The number of para-hydroxylation sites is 1. The number of hydrogen-bond donors (Lipinski definition) is 1. The van der Waals surface area contributed by atoms with E-state index in [1.54, 1.807) is 40.5 Å². The summed E-state index contributed by atoms with van der Waals surface area (Å²) in [5.74, 6) is 0.442. The van der Waals surface area contributed by atoms with Gasteiger partial charge in [0.15, 0.2) is 11.5 Å². The number of halogens is 1. The minimum absolute atomic E-state index is 0.114. The summed E-state index contributed by atoms with van der Waals surface area (Å²) < 4.78 is 5.35. The fourth-order valence-electron chi connectivity index (χ4n) is 2.69. The SMILES string of the molecule is O=C(CCc1cccs1)[C@@H]1CN(C(=O)Oc2ccccc2Cl)CCN1. The second kappa shape index (κ2) is 8.47. The highest BCUT2D eigenvalue weighted by atomic mass is 35.5. The lowest BCUT2D eigenvalue weighted by molar-refractivity contribution is -0.121. The van der Waals surface area contributed by atoms with E-state index in [2.05, 4.69) is 5.32 Å². The molecule has 3 rings (SSSR count). The van der Waals surface area contributed by atoms with E-state index in [0.717, 1.165) is 6.42 Å². The molecule has 0 unspecified atom stereocenters. The number of hydrogen-bond acceptors (Lipinski definition) is 5. The molecule has 7 heteroatoms. The van der Waals surface area contributed by atoms with Gasteiger partial charge in [-0.05, 0) is 30.0 Å². The third kappa shape index (κ3) is 4.81. The maximum Gasteiger partial charge on any atom is 0.415 e. The standard InChI is InChI=1S/C18H19ClN2O3S/c19-14-5-1-2-6-17(14)24-18(23)21-10-9-20-15(12-21)16(22)8-7-13-4-3-11-25-13/h1-6,11,15,20H,7-10,12H2/t15-/m0/s1. The fraction of sp³-hybridized carbons (Fsp3) is 0.333. The van der Waals surface area contributed by atoms with E-state index in [4.69, 9.17) is 16.3 Å². The van der Waals surface area contributed by atoms with Gasteiger partial charge < -0.3 is 15.0 Å². The zero-order valence-corrected chi connectivity index (χ0v) is 15.2. The Morgan fingerprint density at radius 1 is 1.28 bits per heavy atom. The van der Waals surface area contributed by atoms with Crippen LogP contribution in [-0.2, 0) is 11.2 Å². The molecule has 25 heavy (non-hydrogen) atoms. The first-order valence-electron chi connectivity index (χ1n) is 8.13. The molecule has 1 atom stereocenters. The van der Waals surface area contributed by atoms with Gasteiger partial charge in [0, 0.05) is 30.9 Å². The van der Waals surface area contributed by atoms with E-state index in [1.807, 2.05) is 17.5 Å². The molecule has 0 aliphatic carbocycles. The first-order chi connectivity index (χ1) is 12.1. The van der Waals surface area contributed by atoms with Crippen molar-refractivity contribution in [1.29, 1.82) is 0 Å². The molecule has 1 amide bonds. The molecule has 1 N–H and O–H groups in total. The molecule has 2 aromatic rings. The third-order valence-corrected chi connectivity index (χ3v) is 5.30. The van der Waals surface area contributed by atoms with Crippen molar-refractivity contribution in [3.05, 3.63) is 51.7 Å². The molecule has 1 aliphatic rings. The van der Waals surface area contributed by atoms with Gasteiger partial charge in [-0.15, -0.1) is 11.3 Å². The van der Waals surface area contributed by atoms with Crippen LogP contribution in [0.5, 0.6) is 5.75 Å². The molecule has 0 bridgehead atoms. The summed E-state index contributed by atoms with van der Waals surface area (Å²) in [6.07, 6.45) is 0.718. The maximum absolute atomic E-state index is 12.4. The number of thiophene rings is 1. The smallest absolute Gasteiger partial charge is 0.409 e. The zero-order valence-electron chi connectivity index (χ0n) is 13.6. The number of rotatable bonds is 5. The van der Waals surface area contributed by atoms with Gasteiger partial charge in [-0.3, -0.25) is 4.79 Å². The second-order valence-corrected chi connectivity index (χ2v) is 7.24. The zero-order chi connectivity index (χ0) is 17.6. The van der Waals surface area contributed by atoms with Crippen LogP contribution in [0.3, 0.4) is 0 Å². The Morgan fingerprint density at radius 2 is 2.12 bits per heavy atom. The molecule has 132 valence electrons. The Morgan fingerprint density at radius 3 is 2.88 bits per heavy atom. The van der Waals surface area contributed by atoms with Crippen LogP contribution in [0.15, 0.2) is 41.8 Å². The Kier molecular flexibility index (Phi) is 6.07. The van der Waals surface area contributed by atoms with Crippen molar-refractivity contribution in [2.24, 2.45) is 0 Å². The normalized spacial score (nSPS) is 17.3.